The maximum absolute atomic E-state index is 12.9. The third-order valence-corrected chi connectivity index (χ3v) is 6.54. The molecule has 0 aliphatic heterocycles. The zero-order valence-corrected chi connectivity index (χ0v) is 20.0. The Hall–Kier alpha value is -3.85. The van der Waals surface area contributed by atoms with Crippen LogP contribution in [0.5, 0.6) is 5.75 Å². The molecule has 34 heavy (non-hydrogen) atoms. The molecule has 0 fully saturated rings. The van der Waals surface area contributed by atoms with Gasteiger partial charge in [0.2, 0.25) is 0 Å². The molecule has 0 saturated heterocycles. The van der Waals surface area contributed by atoms with Gasteiger partial charge < -0.3 is 15.4 Å². The fraction of sp³-hybridized carbons (Fsp3) is 0.200. The predicted octanol–water partition coefficient (Wildman–Crippen LogP) is 4.28. The number of anilines is 2. The van der Waals surface area contributed by atoms with Crippen LogP contribution in [0.15, 0.2) is 77.7 Å². The Bertz CT molecular complexity index is 1270. The first kappa shape index (κ1) is 24.8. The van der Waals surface area contributed by atoms with Crippen molar-refractivity contribution in [3.63, 3.8) is 0 Å². The van der Waals surface area contributed by atoms with E-state index in [0.717, 1.165) is 6.42 Å². The summed E-state index contributed by atoms with van der Waals surface area (Å²) in [5.41, 5.74) is 1.14. The molecule has 1 unspecified atom stereocenters. The van der Waals surface area contributed by atoms with E-state index in [2.05, 4.69) is 15.4 Å². The third kappa shape index (κ3) is 6.14. The van der Waals surface area contributed by atoms with Crippen LogP contribution in [0.1, 0.15) is 41.0 Å². The number of benzene rings is 3. The Balaban J connectivity index is 1.79. The molecule has 2 amide bonds. The molecule has 0 saturated carbocycles. The minimum atomic E-state index is -3.93. The molecule has 0 bridgehead atoms. The highest BCUT2D eigenvalue weighted by Crippen LogP contribution is 2.21. The highest BCUT2D eigenvalue weighted by atomic mass is 32.2. The maximum atomic E-state index is 12.9. The van der Waals surface area contributed by atoms with Crippen LogP contribution in [0.4, 0.5) is 11.4 Å². The van der Waals surface area contributed by atoms with E-state index in [-0.39, 0.29) is 22.4 Å². The molecule has 0 radical (unpaired) electrons. The first-order chi connectivity index (χ1) is 16.2. The molecule has 3 N–H and O–H groups in total. The minimum absolute atomic E-state index is 0.0173. The maximum Gasteiger partial charge on any atom is 0.261 e. The van der Waals surface area contributed by atoms with E-state index < -0.39 is 15.9 Å². The molecule has 1 atom stereocenters. The second-order valence-corrected chi connectivity index (χ2v) is 9.33. The van der Waals surface area contributed by atoms with E-state index in [9.17, 15) is 18.0 Å². The van der Waals surface area contributed by atoms with Crippen molar-refractivity contribution in [3.8, 4) is 5.75 Å². The molecule has 0 aliphatic carbocycles. The summed E-state index contributed by atoms with van der Waals surface area (Å²) in [5, 5.41) is 5.58. The summed E-state index contributed by atoms with van der Waals surface area (Å²) in [6, 6.07) is 18.7. The van der Waals surface area contributed by atoms with Gasteiger partial charge in [0.1, 0.15) is 5.75 Å². The minimum Gasteiger partial charge on any atom is -0.497 e. The summed E-state index contributed by atoms with van der Waals surface area (Å²) in [4.78, 5) is 25.4. The van der Waals surface area contributed by atoms with E-state index in [1.165, 1.54) is 31.4 Å². The number of nitrogens with one attached hydrogen (secondary N) is 3. The number of ether oxygens (including phenoxy) is 1. The number of hydrogen-bond donors (Lipinski definition) is 3. The summed E-state index contributed by atoms with van der Waals surface area (Å²) >= 11 is 0. The summed E-state index contributed by atoms with van der Waals surface area (Å²) in [6.45, 7) is 3.86. The van der Waals surface area contributed by atoms with Gasteiger partial charge >= 0.3 is 0 Å². The normalized spacial score (nSPS) is 11.9. The highest BCUT2D eigenvalue weighted by molar-refractivity contribution is 7.92. The number of amides is 2. The number of sulfonamides is 1. The molecule has 9 heteroatoms. The van der Waals surface area contributed by atoms with Crippen LogP contribution in [0, 0.1) is 0 Å². The van der Waals surface area contributed by atoms with Crippen LogP contribution in [-0.4, -0.2) is 33.4 Å². The SMILES string of the molecule is CCC(C)NC(=O)c1ccccc1NC(=O)c1cccc(S(=O)(=O)Nc2ccc(OC)cc2)c1. The molecule has 8 nitrogen and oxygen atoms in total. The van der Waals surface area contributed by atoms with Gasteiger partial charge in [0.15, 0.2) is 0 Å². The number of carbonyl (C=O) groups excluding carboxylic acids is 2. The average molecular weight is 482 g/mol. The number of rotatable bonds is 9. The van der Waals surface area contributed by atoms with Gasteiger partial charge in [0, 0.05) is 17.3 Å². The molecule has 0 aromatic heterocycles. The van der Waals surface area contributed by atoms with Crippen molar-refractivity contribution >= 4 is 33.2 Å². The summed E-state index contributed by atoms with van der Waals surface area (Å²) in [5.74, 6) is -0.240. The summed E-state index contributed by atoms with van der Waals surface area (Å²) in [7, 11) is -2.41. The van der Waals surface area contributed by atoms with Crippen molar-refractivity contribution in [1.29, 1.82) is 0 Å². The molecule has 3 aromatic carbocycles. The third-order valence-electron chi connectivity index (χ3n) is 5.16. The molecule has 0 heterocycles. The van der Waals surface area contributed by atoms with Gasteiger partial charge in [-0.2, -0.15) is 0 Å². The van der Waals surface area contributed by atoms with Gasteiger partial charge in [-0.3, -0.25) is 14.3 Å². The number of methoxy groups -OCH3 is 1. The largest absolute Gasteiger partial charge is 0.497 e. The van der Waals surface area contributed by atoms with Crippen molar-refractivity contribution in [2.75, 3.05) is 17.1 Å². The van der Waals surface area contributed by atoms with Crippen molar-refractivity contribution in [3.05, 3.63) is 83.9 Å². The first-order valence-electron chi connectivity index (χ1n) is 10.7. The smallest absolute Gasteiger partial charge is 0.261 e. The molecule has 178 valence electrons. The zero-order chi connectivity index (χ0) is 24.7. The quantitative estimate of drug-likeness (QED) is 0.422. The lowest BCUT2D eigenvalue weighted by Crippen LogP contribution is -2.32. The lowest BCUT2D eigenvalue weighted by Gasteiger charge is -2.15. The molecular formula is C25H27N3O5S. The molecule has 0 aliphatic rings. The standard InChI is InChI=1S/C25H27N3O5S/c1-4-17(2)26-25(30)22-10-5-6-11-23(22)27-24(29)18-8-7-9-21(16-18)34(31,32)28-19-12-14-20(33-3)15-13-19/h5-17,28H,4H2,1-3H3,(H,26,30)(H,27,29). The Kier molecular flexibility index (Phi) is 7.91. The fourth-order valence-electron chi connectivity index (χ4n) is 3.07. The van der Waals surface area contributed by atoms with Crippen LogP contribution in [0.25, 0.3) is 0 Å². The van der Waals surface area contributed by atoms with Gasteiger partial charge in [-0.1, -0.05) is 25.1 Å². The predicted molar refractivity (Wildman–Crippen MR) is 132 cm³/mol. The van der Waals surface area contributed by atoms with Crippen molar-refractivity contribution < 1.29 is 22.7 Å². The Morgan fingerprint density at radius 3 is 2.32 bits per heavy atom. The van der Waals surface area contributed by atoms with Gasteiger partial charge in [-0.05, 0) is 67.9 Å². The molecule has 3 aromatic rings. The van der Waals surface area contributed by atoms with Gasteiger partial charge in [0.25, 0.3) is 21.8 Å². The van der Waals surface area contributed by atoms with Crippen molar-refractivity contribution in [1.82, 2.24) is 5.32 Å². The first-order valence-corrected chi connectivity index (χ1v) is 12.2. The topological polar surface area (TPSA) is 114 Å². The molecule has 3 rings (SSSR count). The van der Waals surface area contributed by atoms with E-state index in [4.69, 9.17) is 4.74 Å². The Morgan fingerprint density at radius 2 is 1.65 bits per heavy atom. The monoisotopic (exact) mass is 481 g/mol. The fourth-order valence-corrected chi connectivity index (χ4v) is 4.17. The van der Waals surface area contributed by atoms with Crippen LogP contribution in [0.2, 0.25) is 0 Å². The highest BCUT2D eigenvalue weighted by Gasteiger charge is 2.19. The van der Waals surface area contributed by atoms with E-state index in [0.29, 0.717) is 22.7 Å². The van der Waals surface area contributed by atoms with Crippen LogP contribution >= 0.6 is 0 Å². The summed E-state index contributed by atoms with van der Waals surface area (Å²) in [6.07, 6.45) is 0.770. The second kappa shape index (κ2) is 10.8. The second-order valence-electron chi connectivity index (χ2n) is 7.64. The molecule has 0 spiro atoms. The van der Waals surface area contributed by atoms with Gasteiger partial charge in [-0.15, -0.1) is 0 Å². The van der Waals surface area contributed by atoms with Gasteiger partial charge in [0.05, 0.1) is 23.3 Å². The lowest BCUT2D eigenvalue weighted by atomic mass is 10.1. The Labute approximate surface area is 199 Å². The van der Waals surface area contributed by atoms with Gasteiger partial charge in [-0.25, -0.2) is 8.42 Å². The van der Waals surface area contributed by atoms with E-state index >= 15 is 0 Å². The van der Waals surface area contributed by atoms with Crippen LogP contribution in [0.3, 0.4) is 0 Å². The lowest BCUT2D eigenvalue weighted by molar-refractivity contribution is 0.0940. The number of para-hydroxylation sites is 1. The van der Waals surface area contributed by atoms with Crippen LogP contribution in [-0.2, 0) is 10.0 Å². The van der Waals surface area contributed by atoms with Crippen molar-refractivity contribution in [2.45, 2.75) is 31.2 Å². The van der Waals surface area contributed by atoms with E-state index in [1.807, 2.05) is 13.8 Å². The van der Waals surface area contributed by atoms with Crippen molar-refractivity contribution in [2.24, 2.45) is 0 Å². The Morgan fingerprint density at radius 1 is 0.941 bits per heavy atom. The average Bonchev–Trinajstić information content (AvgIpc) is 2.84. The summed E-state index contributed by atoms with van der Waals surface area (Å²) < 4.78 is 33.2. The zero-order valence-electron chi connectivity index (χ0n) is 19.2. The molecular weight excluding hydrogens is 454 g/mol. The van der Waals surface area contributed by atoms with E-state index in [1.54, 1.807) is 48.5 Å². The number of carbonyl (C=O) groups is 2. The number of hydrogen-bond acceptors (Lipinski definition) is 5. The van der Waals surface area contributed by atoms with Crippen LogP contribution < -0.4 is 20.1 Å².